The van der Waals surface area contributed by atoms with Crippen LogP contribution in [0.1, 0.15) is 13.8 Å². The standard InChI is InChI=1S/C18H22ClN3O/c1-14(2)22(16-6-4-3-5-7-16)17-10-8-15(9-11-17)21-18(23)20-13-12-19/h3-11,14H,12-13H2,1-2H3,(H2,20,21,23). The van der Waals surface area contributed by atoms with Gasteiger partial charge in [-0.2, -0.15) is 0 Å². The molecule has 2 N–H and O–H groups in total. The number of amides is 2. The monoisotopic (exact) mass is 331 g/mol. The first kappa shape index (κ1) is 17.2. The van der Waals surface area contributed by atoms with Gasteiger partial charge in [0.25, 0.3) is 0 Å². The van der Waals surface area contributed by atoms with Crippen LogP contribution in [0.2, 0.25) is 0 Å². The van der Waals surface area contributed by atoms with E-state index in [4.69, 9.17) is 11.6 Å². The lowest BCUT2D eigenvalue weighted by Crippen LogP contribution is -2.30. The third-order valence-corrected chi connectivity index (χ3v) is 3.52. The number of nitrogens with one attached hydrogen (secondary N) is 2. The van der Waals surface area contributed by atoms with E-state index in [-0.39, 0.29) is 6.03 Å². The van der Waals surface area contributed by atoms with Crippen LogP contribution in [0.15, 0.2) is 54.6 Å². The SMILES string of the molecule is CC(C)N(c1ccccc1)c1ccc(NC(=O)NCCCl)cc1. The van der Waals surface area contributed by atoms with Crippen molar-refractivity contribution in [1.29, 1.82) is 0 Å². The summed E-state index contributed by atoms with van der Waals surface area (Å²) in [6, 6.07) is 18.1. The average Bonchev–Trinajstić information content (AvgIpc) is 2.55. The summed E-state index contributed by atoms with van der Waals surface area (Å²) in [7, 11) is 0. The van der Waals surface area contributed by atoms with Gasteiger partial charge in [0.05, 0.1) is 0 Å². The Bertz CT molecular complexity index is 614. The summed E-state index contributed by atoms with van der Waals surface area (Å²) in [5.74, 6) is 0.396. The number of para-hydroxylation sites is 1. The molecule has 2 aromatic rings. The lowest BCUT2D eigenvalue weighted by atomic mass is 10.2. The quantitative estimate of drug-likeness (QED) is 0.760. The molecule has 0 heterocycles. The molecular weight excluding hydrogens is 310 g/mol. The molecule has 0 aliphatic carbocycles. The molecule has 0 fully saturated rings. The number of nitrogens with zero attached hydrogens (tertiary/aromatic N) is 1. The van der Waals surface area contributed by atoms with Gasteiger partial charge in [0.15, 0.2) is 0 Å². The van der Waals surface area contributed by atoms with Gasteiger partial charge >= 0.3 is 6.03 Å². The number of urea groups is 1. The Balaban J connectivity index is 2.12. The molecule has 4 nitrogen and oxygen atoms in total. The maximum absolute atomic E-state index is 11.6. The van der Waals surface area contributed by atoms with Gasteiger partial charge in [0.1, 0.15) is 0 Å². The molecule has 23 heavy (non-hydrogen) atoms. The predicted molar refractivity (Wildman–Crippen MR) is 97.9 cm³/mol. The smallest absolute Gasteiger partial charge is 0.319 e. The topological polar surface area (TPSA) is 44.4 Å². The van der Waals surface area contributed by atoms with Crippen LogP contribution in [-0.4, -0.2) is 24.5 Å². The van der Waals surface area contributed by atoms with Gasteiger partial charge in [-0.25, -0.2) is 4.79 Å². The van der Waals surface area contributed by atoms with Crippen LogP contribution in [0.5, 0.6) is 0 Å². The molecule has 2 amide bonds. The Kier molecular flexibility index (Phi) is 6.29. The second-order valence-corrected chi connectivity index (χ2v) is 5.79. The number of hydrogen-bond acceptors (Lipinski definition) is 2. The molecular formula is C18H22ClN3O. The van der Waals surface area contributed by atoms with Crippen LogP contribution < -0.4 is 15.5 Å². The lowest BCUT2D eigenvalue weighted by molar-refractivity contribution is 0.252. The highest BCUT2D eigenvalue weighted by atomic mass is 35.5. The van der Waals surface area contributed by atoms with Crippen molar-refractivity contribution in [2.45, 2.75) is 19.9 Å². The molecule has 2 rings (SSSR count). The first-order chi connectivity index (χ1) is 11.1. The van der Waals surface area contributed by atoms with Gasteiger partial charge < -0.3 is 15.5 Å². The summed E-state index contributed by atoms with van der Waals surface area (Å²) in [5.41, 5.74) is 2.97. The molecule has 0 saturated heterocycles. The number of benzene rings is 2. The highest BCUT2D eigenvalue weighted by Crippen LogP contribution is 2.28. The maximum Gasteiger partial charge on any atom is 0.319 e. The van der Waals surface area contributed by atoms with E-state index in [0.29, 0.717) is 18.5 Å². The highest BCUT2D eigenvalue weighted by Gasteiger charge is 2.12. The fourth-order valence-corrected chi connectivity index (χ4v) is 2.47. The minimum atomic E-state index is -0.248. The molecule has 0 spiro atoms. The van der Waals surface area contributed by atoms with Crippen LogP contribution >= 0.6 is 11.6 Å². The number of rotatable bonds is 6. The lowest BCUT2D eigenvalue weighted by Gasteiger charge is -2.29. The van der Waals surface area contributed by atoms with Gasteiger partial charge in [0.2, 0.25) is 0 Å². The fraction of sp³-hybridized carbons (Fsp3) is 0.278. The highest BCUT2D eigenvalue weighted by molar-refractivity contribution is 6.18. The molecule has 0 aliphatic rings. The zero-order valence-electron chi connectivity index (χ0n) is 13.4. The molecule has 5 heteroatoms. The van der Waals surface area contributed by atoms with Crippen molar-refractivity contribution in [3.63, 3.8) is 0 Å². The second-order valence-electron chi connectivity index (χ2n) is 5.42. The zero-order valence-corrected chi connectivity index (χ0v) is 14.2. The summed E-state index contributed by atoms with van der Waals surface area (Å²) < 4.78 is 0. The molecule has 0 aliphatic heterocycles. The van der Waals surface area contributed by atoms with E-state index in [1.807, 2.05) is 42.5 Å². The average molecular weight is 332 g/mol. The van der Waals surface area contributed by atoms with Crippen molar-refractivity contribution in [3.8, 4) is 0 Å². The molecule has 122 valence electrons. The number of hydrogen-bond donors (Lipinski definition) is 2. The van der Waals surface area contributed by atoms with Crippen LogP contribution in [-0.2, 0) is 0 Å². The first-order valence-corrected chi connectivity index (χ1v) is 8.20. The Morgan fingerprint density at radius 2 is 1.65 bits per heavy atom. The number of carbonyl (C=O) groups is 1. The summed E-state index contributed by atoms with van der Waals surface area (Å²) in [5, 5.41) is 5.45. The largest absolute Gasteiger partial charge is 0.339 e. The van der Waals surface area contributed by atoms with Crippen molar-refractivity contribution in [2.75, 3.05) is 22.6 Å². The number of alkyl halides is 1. The molecule has 0 saturated carbocycles. The third kappa shape index (κ3) is 4.89. The van der Waals surface area contributed by atoms with E-state index in [0.717, 1.165) is 17.1 Å². The van der Waals surface area contributed by atoms with E-state index in [9.17, 15) is 4.79 Å². The molecule has 0 unspecified atom stereocenters. The van der Waals surface area contributed by atoms with Gasteiger partial charge in [-0.05, 0) is 50.2 Å². The Hall–Kier alpha value is -2.20. The molecule has 0 atom stereocenters. The van der Waals surface area contributed by atoms with Gasteiger partial charge in [0, 0.05) is 35.5 Å². The van der Waals surface area contributed by atoms with Crippen molar-refractivity contribution < 1.29 is 4.79 Å². The van der Waals surface area contributed by atoms with Crippen molar-refractivity contribution in [2.24, 2.45) is 0 Å². The minimum Gasteiger partial charge on any atom is -0.339 e. The van der Waals surface area contributed by atoms with Gasteiger partial charge in [-0.1, -0.05) is 18.2 Å². The predicted octanol–water partition coefficient (Wildman–Crippen LogP) is 4.59. The van der Waals surface area contributed by atoms with E-state index in [1.54, 1.807) is 0 Å². The Labute approximate surface area is 142 Å². The van der Waals surface area contributed by atoms with Crippen LogP contribution in [0.25, 0.3) is 0 Å². The third-order valence-electron chi connectivity index (χ3n) is 3.33. The molecule has 2 aromatic carbocycles. The van der Waals surface area contributed by atoms with Gasteiger partial charge in [-0.15, -0.1) is 11.6 Å². The summed E-state index contributed by atoms with van der Waals surface area (Å²) in [4.78, 5) is 13.9. The number of anilines is 3. The van der Waals surface area contributed by atoms with Crippen LogP contribution in [0.3, 0.4) is 0 Å². The summed E-state index contributed by atoms with van der Waals surface area (Å²) >= 11 is 5.54. The number of halogens is 1. The van der Waals surface area contributed by atoms with Crippen molar-refractivity contribution in [1.82, 2.24) is 5.32 Å². The maximum atomic E-state index is 11.6. The van der Waals surface area contributed by atoms with E-state index < -0.39 is 0 Å². The Morgan fingerprint density at radius 1 is 1.04 bits per heavy atom. The molecule has 0 bridgehead atoms. The van der Waals surface area contributed by atoms with E-state index in [1.165, 1.54) is 0 Å². The van der Waals surface area contributed by atoms with E-state index >= 15 is 0 Å². The number of carbonyl (C=O) groups excluding carboxylic acids is 1. The summed E-state index contributed by atoms with van der Waals surface area (Å²) in [6.45, 7) is 4.75. The molecule has 0 aromatic heterocycles. The fourth-order valence-electron chi connectivity index (χ4n) is 2.38. The first-order valence-electron chi connectivity index (χ1n) is 7.67. The van der Waals surface area contributed by atoms with Gasteiger partial charge in [-0.3, -0.25) is 0 Å². The van der Waals surface area contributed by atoms with Crippen LogP contribution in [0, 0.1) is 0 Å². The zero-order chi connectivity index (χ0) is 16.7. The minimum absolute atomic E-state index is 0.248. The molecule has 0 radical (unpaired) electrons. The normalized spacial score (nSPS) is 10.4. The van der Waals surface area contributed by atoms with Crippen molar-refractivity contribution >= 4 is 34.7 Å². The van der Waals surface area contributed by atoms with Crippen LogP contribution in [0.4, 0.5) is 21.9 Å². The second kappa shape index (κ2) is 8.44. The van der Waals surface area contributed by atoms with Crippen molar-refractivity contribution in [3.05, 3.63) is 54.6 Å². The van der Waals surface area contributed by atoms with E-state index in [2.05, 4.69) is 41.5 Å². The Morgan fingerprint density at radius 3 is 2.22 bits per heavy atom. The summed E-state index contributed by atoms with van der Waals surface area (Å²) in [6.07, 6.45) is 0.